The van der Waals surface area contributed by atoms with E-state index in [1.165, 1.54) is 25.2 Å². The molecule has 0 bridgehead atoms. The van der Waals surface area contributed by atoms with E-state index >= 15 is 0 Å². The van der Waals surface area contributed by atoms with Crippen LogP contribution in [-0.2, 0) is 9.53 Å². The van der Waals surface area contributed by atoms with E-state index in [1.54, 1.807) is 25.3 Å². The average molecular weight is 542 g/mol. The summed E-state index contributed by atoms with van der Waals surface area (Å²) in [5, 5.41) is 6.58. The van der Waals surface area contributed by atoms with Gasteiger partial charge in [-0.25, -0.2) is 9.97 Å². The van der Waals surface area contributed by atoms with Gasteiger partial charge in [-0.1, -0.05) is 11.6 Å². The van der Waals surface area contributed by atoms with E-state index in [0.717, 1.165) is 38.8 Å². The number of ether oxygens (including phenoxy) is 2. The van der Waals surface area contributed by atoms with Gasteiger partial charge in [0.25, 0.3) is 5.91 Å². The lowest BCUT2D eigenvalue weighted by Gasteiger charge is -2.33. The highest BCUT2D eigenvalue weighted by molar-refractivity contribution is 6.30. The summed E-state index contributed by atoms with van der Waals surface area (Å²) < 4.78 is 16.8. The van der Waals surface area contributed by atoms with Crippen molar-refractivity contribution in [2.24, 2.45) is 5.92 Å². The number of carbonyl (C=O) groups is 2. The van der Waals surface area contributed by atoms with Crippen molar-refractivity contribution in [2.45, 2.75) is 44.6 Å². The number of amides is 2. The molecule has 38 heavy (non-hydrogen) atoms. The van der Waals surface area contributed by atoms with E-state index in [1.807, 2.05) is 0 Å². The third-order valence-electron chi connectivity index (χ3n) is 7.24. The zero-order valence-corrected chi connectivity index (χ0v) is 22.1. The summed E-state index contributed by atoms with van der Waals surface area (Å²) in [7, 11) is 1.58. The SMILES string of the molecule is COCCOc1nccc2oc(C(=O)Nc3ccc(Cl)cn3)c(NC(=O)C3CCC(N4CCCC4)CC3)c12. The van der Waals surface area contributed by atoms with Crippen molar-refractivity contribution in [3.63, 3.8) is 0 Å². The number of rotatable bonds is 9. The molecular weight excluding hydrogens is 510 g/mol. The Kier molecular flexibility index (Phi) is 8.41. The molecule has 0 radical (unpaired) electrons. The van der Waals surface area contributed by atoms with Crippen LogP contribution >= 0.6 is 11.6 Å². The van der Waals surface area contributed by atoms with Gasteiger partial charge in [-0.15, -0.1) is 0 Å². The predicted octanol–water partition coefficient (Wildman–Crippen LogP) is 4.75. The third-order valence-corrected chi connectivity index (χ3v) is 7.46. The number of furan rings is 1. The molecule has 0 unspecified atom stereocenters. The normalized spacial score (nSPS) is 19.9. The fraction of sp³-hybridized carbons (Fsp3) is 0.481. The zero-order chi connectivity index (χ0) is 26.5. The highest BCUT2D eigenvalue weighted by Gasteiger charge is 2.33. The Labute approximate surface area is 226 Å². The van der Waals surface area contributed by atoms with Crippen molar-refractivity contribution < 1.29 is 23.5 Å². The number of nitrogens with one attached hydrogen (secondary N) is 2. The van der Waals surface area contributed by atoms with Crippen molar-refractivity contribution >= 4 is 45.9 Å². The lowest BCUT2D eigenvalue weighted by molar-refractivity contribution is -0.121. The van der Waals surface area contributed by atoms with E-state index in [4.69, 9.17) is 25.5 Å². The summed E-state index contributed by atoms with van der Waals surface area (Å²) in [4.78, 5) is 37.8. The van der Waals surface area contributed by atoms with Crippen LogP contribution in [0.1, 0.15) is 49.1 Å². The topological polar surface area (TPSA) is 119 Å². The van der Waals surface area contributed by atoms with Gasteiger partial charge in [-0.2, -0.15) is 0 Å². The number of carbonyl (C=O) groups excluding carboxylic acids is 2. The first kappa shape index (κ1) is 26.4. The molecule has 1 saturated heterocycles. The minimum Gasteiger partial charge on any atom is -0.475 e. The fourth-order valence-electron chi connectivity index (χ4n) is 5.28. The molecule has 10 nitrogen and oxygen atoms in total. The van der Waals surface area contributed by atoms with Crippen LogP contribution < -0.4 is 15.4 Å². The summed E-state index contributed by atoms with van der Waals surface area (Å²) in [6, 6.07) is 5.39. The van der Waals surface area contributed by atoms with E-state index in [9.17, 15) is 9.59 Å². The first-order valence-electron chi connectivity index (χ1n) is 13.0. The van der Waals surface area contributed by atoms with E-state index in [0.29, 0.717) is 34.5 Å². The van der Waals surface area contributed by atoms with Gasteiger partial charge in [0.1, 0.15) is 29.1 Å². The second kappa shape index (κ2) is 12.1. The van der Waals surface area contributed by atoms with Crippen molar-refractivity contribution in [3.05, 3.63) is 41.4 Å². The number of aromatic nitrogens is 2. The van der Waals surface area contributed by atoms with Gasteiger partial charge in [0.05, 0.1) is 11.6 Å². The van der Waals surface area contributed by atoms with Crippen molar-refractivity contribution in [1.82, 2.24) is 14.9 Å². The molecule has 1 aliphatic heterocycles. The number of fused-ring (bicyclic) bond motifs is 1. The monoisotopic (exact) mass is 541 g/mol. The Morgan fingerprint density at radius 3 is 2.58 bits per heavy atom. The molecule has 2 fully saturated rings. The van der Waals surface area contributed by atoms with Gasteiger partial charge in [-0.3, -0.25) is 9.59 Å². The highest BCUT2D eigenvalue weighted by atomic mass is 35.5. The van der Waals surface area contributed by atoms with E-state index in [-0.39, 0.29) is 35.8 Å². The molecule has 2 amide bonds. The van der Waals surface area contributed by atoms with Crippen molar-refractivity contribution in [1.29, 1.82) is 0 Å². The number of nitrogens with zero attached hydrogens (tertiary/aromatic N) is 3. The summed E-state index contributed by atoms with van der Waals surface area (Å²) in [5.41, 5.74) is 0.605. The molecule has 202 valence electrons. The van der Waals surface area contributed by atoms with Crippen LogP contribution in [-0.4, -0.2) is 66.1 Å². The van der Waals surface area contributed by atoms with Gasteiger partial charge in [0.15, 0.2) is 0 Å². The fourth-order valence-corrected chi connectivity index (χ4v) is 5.40. The van der Waals surface area contributed by atoms with Crippen LogP contribution in [0.4, 0.5) is 11.5 Å². The van der Waals surface area contributed by atoms with Crippen LogP contribution in [0.25, 0.3) is 11.0 Å². The van der Waals surface area contributed by atoms with Crippen LogP contribution in [0.15, 0.2) is 35.0 Å². The predicted molar refractivity (Wildman–Crippen MR) is 144 cm³/mol. The number of hydrogen-bond donors (Lipinski definition) is 2. The Hall–Kier alpha value is -3.21. The molecule has 4 heterocycles. The van der Waals surface area contributed by atoms with Gasteiger partial charge in [0, 0.05) is 37.5 Å². The molecule has 3 aromatic rings. The molecule has 2 aliphatic rings. The molecule has 0 spiro atoms. The summed E-state index contributed by atoms with van der Waals surface area (Å²) in [6.45, 7) is 2.91. The van der Waals surface area contributed by atoms with Crippen LogP contribution in [0.2, 0.25) is 5.02 Å². The van der Waals surface area contributed by atoms with Crippen LogP contribution in [0, 0.1) is 5.92 Å². The maximum absolute atomic E-state index is 13.5. The van der Waals surface area contributed by atoms with Gasteiger partial charge in [0.2, 0.25) is 17.5 Å². The number of anilines is 2. The summed E-state index contributed by atoms with van der Waals surface area (Å²) in [6.07, 6.45) is 9.06. The zero-order valence-electron chi connectivity index (χ0n) is 21.4. The maximum Gasteiger partial charge on any atom is 0.294 e. The minimum absolute atomic E-state index is 0.0551. The minimum atomic E-state index is -0.563. The molecule has 1 saturated carbocycles. The Morgan fingerprint density at radius 1 is 1.08 bits per heavy atom. The van der Waals surface area contributed by atoms with Crippen molar-refractivity contribution in [2.75, 3.05) is 44.0 Å². The van der Waals surface area contributed by atoms with Gasteiger partial charge >= 0.3 is 0 Å². The summed E-state index contributed by atoms with van der Waals surface area (Å²) in [5.74, 6) is -0.362. The van der Waals surface area contributed by atoms with E-state index < -0.39 is 5.91 Å². The maximum atomic E-state index is 13.5. The Morgan fingerprint density at radius 2 is 1.87 bits per heavy atom. The molecule has 11 heteroatoms. The molecule has 2 N–H and O–H groups in total. The van der Waals surface area contributed by atoms with Crippen molar-refractivity contribution in [3.8, 4) is 5.88 Å². The van der Waals surface area contributed by atoms with Crippen LogP contribution in [0.3, 0.4) is 0 Å². The largest absolute Gasteiger partial charge is 0.475 e. The molecule has 1 aliphatic carbocycles. The summed E-state index contributed by atoms with van der Waals surface area (Å²) >= 11 is 5.92. The number of likely N-dealkylation sites (tertiary alicyclic amines) is 1. The molecular formula is C27H32ClN5O5. The lowest BCUT2D eigenvalue weighted by atomic mass is 9.84. The second-order valence-corrected chi connectivity index (χ2v) is 10.1. The number of methoxy groups -OCH3 is 1. The van der Waals surface area contributed by atoms with Crippen LogP contribution in [0.5, 0.6) is 5.88 Å². The van der Waals surface area contributed by atoms with E-state index in [2.05, 4.69) is 25.5 Å². The highest BCUT2D eigenvalue weighted by Crippen LogP contribution is 2.38. The first-order chi connectivity index (χ1) is 18.5. The first-order valence-corrected chi connectivity index (χ1v) is 13.4. The lowest BCUT2D eigenvalue weighted by Crippen LogP contribution is -2.38. The quantitative estimate of drug-likeness (QED) is 0.373. The number of pyridine rings is 2. The van der Waals surface area contributed by atoms with Gasteiger partial charge < -0.3 is 29.4 Å². The van der Waals surface area contributed by atoms with Gasteiger partial charge in [-0.05, 0) is 63.7 Å². The molecule has 5 rings (SSSR count). The Balaban J connectivity index is 1.39. The molecule has 0 atom stereocenters. The average Bonchev–Trinajstić information content (AvgIpc) is 3.60. The standard InChI is InChI=1S/C27H32ClN5O5/c1-36-14-15-37-27-22-20(10-11-29-27)38-24(26(35)31-21-9-6-18(28)16-30-21)23(22)32-25(34)17-4-7-19(8-5-17)33-12-2-3-13-33/h6,9-11,16-17,19H,2-5,7-8,12-15H2,1H3,(H,32,34)(H,30,31,35). The molecule has 0 aromatic carbocycles. The third kappa shape index (κ3) is 5.92. The smallest absolute Gasteiger partial charge is 0.294 e. The Bertz CT molecular complexity index is 1270. The number of hydrogen-bond acceptors (Lipinski definition) is 8. The second-order valence-electron chi connectivity index (χ2n) is 9.69. The molecule has 3 aromatic heterocycles. The number of halogens is 1.